The van der Waals surface area contributed by atoms with Crippen LogP contribution in [-0.2, 0) is 10.2 Å². The second-order valence-electron chi connectivity index (χ2n) is 4.09. The molecule has 0 aromatic carbocycles. The van der Waals surface area contributed by atoms with E-state index in [9.17, 15) is 8.42 Å². The molecule has 15 heavy (non-hydrogen) atoms. The Hall–Kier alpha value is -0.660. The van der Waals surface area contributed by atoms with Crippen LogP contribution in [0.4, 0.5) is 0 Å². The lowest BCUT2D eigenvalue weighted by atomic mass is 9.98. The molecular weight excluding hydrogens is 216 g/mol. The third-order valence-electron chi connectivity index (χ3n) is 2.78. The SMILES string of the molecule is CN(C)S(=O)(=O)NC1(C(=N)N)CCCC1. The summed E-state index contributed by atoms with van der Waals surface area (Å²) in [7, 11) is -0.624. The molecule has 0 aromatic heterocycles. The van der Waals surface area contributed by atoms with Crippen molar-refractivity contribution in [1.29, 1.82) is 5.41 Å². The summed E-state index contributed by atoms with van der Waals surface area (Å²) in [6.45, 7) is 0. The molecule has 0 heterocycles. The van der Waals surface area contributed by atoms with Crippen molar-refractivity contribution in [2.75, 3.05) is 14.1 Å². The first-order valence-corrected chi connectivity index (χ1v) is 6.30. The zero-order chi connectivity index (χ0) is 11.7. The third-order valence-corrected chi connectivity index (χ3v) is 4.39. The van der Waals surface area contributed by atoms with E-state index < -0.39 is 15.7 Å². The Morgan fingerprint density at radius 1 is 1.40 bits per heavy atom. The van der Waals surface area contributed by atoms with Gasteiger partial charge in [-0.15, -0.1) is 0 Å². The van der Waals surface area contributed by atoms with Gasteiger partial charge in [0.15, 0.2) is 0 Å². The first-order chi connectivity index (χ1) is 6.80. The molecule has 1 aliphatic carbocycles. The van der Waals surface area contributed by atoms with Gasteiger partial charge in [0.1, 0.15) is 5.84 Å². The van der Waals surface area contributed by atoms with E-state index in [0.717, 1.165) is 17.1 Å². The molecule has 1 rings (SSSR count). The van der Waals surface area contributed by atoms with Crippen molar-refractivity contribution < 1.29 is 8.42 Å². The standard InChI is InChI=1S/C8H18N4O2S/c1-12(2)15(13,14)11-8(7(9)10)5-3-4-6-8/h11H,3-6H2,1-2H3,(H3,9,10). The first-order valence-electron chi connectivity index (χ1n) is 4.86. The molecule has 0 bridgehead atoms. The minimum absolute atomic E-state index is 0.0922. The van der Waals surface area contributed by atoms with Gasteiger partial charge in [0.05, 0.1) is 5.54 Å². The number of nitrogens with two attached hydrogens (primary N) is 1. The average Bonchev–Trinajstić information content (AvgIpc) is 2.53. The van der Waals surface area contributed by atoms with E-state index >= 15 is 0 Å². The van der Waals surface area contributed by atoms with Crippen molar-refractivity contribution >= 4 is 16.0 Å². The number of nitrogens with one attached hydrogen (secondary N) is 2. The second-order valence-corrected chi connectivity index (χ2v) is 5.98. The molecule has 1 aliphatic rings. The van der Waals surface area contributed by atoms with Crippen LogP contribution in [0.5, 0.6) is 0 Å². The van der Waals surface area contributed by atoms with Crippen LogP contribution in [-0.4, -0.2) is 38.2 Å². The molecule has 1 fully saturated rings. The van der Waals surface area contributed by atoms with Crippen molar-refractivity contribution in [2.24, 2.45) is 5.73 Å². The van der Waals surface area contributed by atoms with Gasteiger partial charge in [-0.3, -0.25) is 5.41 Å². The molecule has 0 aromatic rings. The lowest BCUT2D eigenvalue weighted by molar-refractivity contribution is 0.455. The highest BCUT2D eigenvalue weighted by molar-refractivity contribution is 7.87. The van der Waals surface area contributed by atoms with Crippen LogP contribution >= 0.6 is 0 Å². The summed E-state index contributed by atoms with van der Waals surface area (Å²) in [4.78, 5) is 0. The maximum atomic E-state index is 11.7. The Bertz CT molecular complexity index is 344. The molecule has 0 aliphatic heterocycles. The Balaban J connectivity index is 2.90. The predicted octanol–water partition coefficient (Wildman–Crippen LogP) is -0.369. The number of amidine groups is 1. The van der Waals surface area contributed by atoms with Gasteiger partial charge in [-0.2, -0.15) is 17.4 Å². The Morgan fingerprint density at radius 3 is 2.20 bits per heavy atom. The quantitative estimate of drug-likeness (QED) is 0.457. The zero-order valence-electron chi connectivity index (χ0n) is 9.08. The normalized spacial score (nSPS) is 20.7. The van der Waals surface area contributed by atoms with Crippen molar-refractivity contribution in [3.05, 3.63) is 0 Å². The van der Waals surface area contributed by atoms with Crippen LogP contribution in [0, 0.1) is 5.41 Å². The molecule has 7 heteroatoms. The maximum Gasteiger partial charge on any atom is 0.279 e. The second kappa shape index (κ2) is 4.07. The minimum atomic E-state index is -3.52. The molecule has 0 amide bonds. The fourth-order valence-electron chi connectivity index (χ4n) is 1.74. The van der Waals surface area contributed by atoms with Gasteiger partial charge in [-0.25, -0.2) is 0 Å². The van der Waals surface area contributed by atoms with Crippen LogP contribution < -0.4 is 10.5 Å². The lowest BCUT2D eigenvalue weighted by Crippen LogP contribution is -2.57. The highest BCUT2D eigenvalue weighted by Crippen LogP contribution is 2.30. The Labute approximate surface area is 90.5 Å². The first kappa shape index (κ1) is 12.4. The molecular formula is C8H18N4O2S. The summed E-state index contributed by atoms with van der Waals surface area (Å²) in [5.74, 6) is -0.0922. The summed E-state index contributed by atoms with van der Waals surface area (Å²) >= 11 is 0. The summed E-state index contributed by atoms with van der Waals surface area (Å²) < 4.78 is 26.9. The van der Waals surface area contributed by atoms with Crippen LogP contribution in [0.1, 0.15) is 25.7 Å². The van der Waals surface area contributed by atoms with Crippen molar-refractivity contribution in [3.8, 4) is 0 Å². The zero-order valence-corrected chi connectivity index (χ0v) is 9.89. The Morgan fingerprint density at radius 2 is 1.87 bits per heavy atom. The van der Waals surface area contributed by atoms with Gasteiger partial charge in [0.2, 0.25) is 0 Å². The van der Waals surface area contributed by atoms with Crippen LogP contribution in [0.25, 0.3) is 0 Å². The van der Waals surface area contributed by atoms with Gasteiger partial charge in [0, 0.05) is 14.1 Å². The maximum absolute atomic E-state index is 11.7. The fraction of sp³-hybridized carbons (Fsp3) is 0.875. The highest BCUT2D eigenvalue weighted by Gasteiger charge is 2.40. The van der Waals surface area contributed by atoms with E-state index in [0.29, 0.717) is 12.8 Å². The van der Waals surface area contributed by atoms with Crippen molar-refractivity contribution in [2.45, 2.75) is 31.2 Å². The Kier molecular flexibility index (Phi) is 3.37. The predicted molar refractivity (Wildman–Crippen MR) is 58.9 cm³/mol. The van der Waals surface area contributed by atoms with Crippen molar-refractivity contribution in [3.63, 3.8) is 0 Å². The highest BCUT2D eigenvalue weighted by atomic mass is 32.2. The van der Waals surface area contributed by atoms with Gasteiger partial charge in [-0.1, -0.05) is 12.8 Å². The molecule has 0 spiro atoms. The molecule has 0 unspecified atom stereocenters. The van der Waals surface area contributed by atoms with Crippen molar-refractivity contribution in [1.82, 2.24) is 9.03 Å². The van der Waals surface area contributed by atoms with Crippen LogP contribution in [0.3, 0.4) is 0 Å². The number of hydrogen-bond acceptors (Lipinski definition) is 3. The largest absolute Gasteiger partial charge is 0.386 e. The third kappa shape index (κ3) is 2.47. The van der Waals surface area contributed by atoms with E-state index in [-0.39, 0.29) is 5.84 Å². The van der Waals surface area contributed by atoms with E-state index in [2.05, 4.69) is 4.72 Å². The van der Waals surface area contributed by atoms with E-state index in [1.54, 1.807) is 0 Å². The number of nitrogens with zero attached hydrogens (tertiary/aromatic N) is 1. The minimum Gasteiger partial charge on any atom is -0.386 e. The molecule has 6 nitrogen and oxygen atoms in total. The van der Waals surface area contributed by atoms with Gasteiger partial charge >= 0.3 is 0 Å². The molecule has 88 valence electrons. The average molecular weight is 234 g/mol. The molecule has 4 N–H and O–H groups in total. The van der Waals surface area contributed by atoms with Crippen LogP contribution in [0.15, 0.2) is 0 Å². The number of hydrogen-bond donors (Lipinski definition) is 3. The fourth-order valence-corrected chi connectivity index (χ4v) is 2.73. The number of rotatable bonds is 4. The molecule has 0 atom stereocenters. The lowest BCUT2D eigenvalue weighted by Gasteiger charge is -2.29. The van der Waals surface area contributed by atoms with Gasteiger partial charge in [0.25, 0.3) is 10.2 Å². The monoisotopic (exact) mass is 234 g/mol. The van der Waals surface area contributed by atoms with Crippen LogP contribution in [0.2, 0.25) is 0 Å². The summed E-state index contributed by atoms with van der Waals surface area (Å²) in [5, 5.41) is 7.49. The van der Waals surface area contributed by atoms with E-state index in [4.69, 9.17) is 11.1 Å². The van der Waals surface area contributed by atoms with E-state index in [1.165, 1.54) is 14.1 Å². The van der Waals surface area contributed by atoms with Gasteiger partial charge in [-0.05, 0) is 12.8 Å². The van der Waals surface area contributed by atoms with E-state index in [1.807, 2.05) is 0 Å². The topological polar surface area (TPSA) is 99.3 Å². The van der Waals surface area contributed by atoms with Gasteiger partial charge < -0.3 is 5.73 Å². The summed E-state index contributed by atoms with van der Waals surface area (Å²) in [6, 6.07) is 0. The summed E-state index contributed by atoms with van der Waals surface area (Å²) in [5.41, 5.74) is 4.62. The molecule has 0 saturated heterocycles. The summed E-state index contributed by atoms with van der Waals surface area (Å²) in [6.07, 6.45) is 3.01. The smallest absolute Gasteiger partial charge is 0.279 e. The molecule has 1 saturated carbocycles. The molecule has 0 radical (unpaired) electrons.